The number of hydrogen-bond donors (Lipinski definition) is 1. The van der Waals surface area contributed by atoms with Crippen LogP contribution in [0.25, 0.3) is 0 Å². The van der Waals surface area contributed by atoms with Gasteiger partial charge in [-0.05, 0) is 32.1 Å². The van der Waals surface area contributed by atoms with Gasteiger partial charge in [-0.25, -0.2) is 4.89 Å². The van der Waals surface area contributed by atoms with Crippen LogP contribution in [0.1, 0.15) is 66.2 Å². The normalized spacial score (nSPS) is 19.0. The molecule has 0 aromatic heterocycles. The van der Waals surface area contributed by atoms with Gasteiger partial charge < -0.3 is 4.74 Å². The van der Waals surface area contributed by atoms with Gasteiger partial charge in [0.25, 0.3) is 0 Å². The third kappa shape index (κ3) is 7.54. The molecule has 1 fully saturated rings. The van der Waals surface area contributed by atoms with E-state index in [1.807, 2.05) is 20.8 Å². The van der Waals surface area contributed by atoms with Crippen molar-refractivity contribution in [1.82, 2.24) is 0 Å². The standard InChI is InChI=1S/C16H30O6/c1-5-6-7-13(8-9-16(4)21-22-16)15(17)20-14(11-19-18)10-12(2)3/h12-14,18H,5-11H2,1-4H3. The summed E-state index contributed by atoms with van der Waals surface area (Å²) >= 11 is 0. The minimum atomic E-state index is -0.531. The lowest BCUT2D eigenvalue weighted by molar-refractivity contribution is -0.260. The van der Waals surface area contributed by atoms with E-state index in [4.69, 9.17) is 19.8 Å². The van der Waals surface area contributed by atoms with Gasteiger partial charge >= 0.3 is 5.97 Å². The lowest BCUT2D eigenvalue weighted by Gasteiger charge is -2.22. The highest BCUT2D eigenvalue weighted by molar-refractivity contribution is 5.72. The Labute approximate surface area is 132 Å². The lowest BCUT2D eigenvalue weighted by atomic mass is 9.94. The summed E-state index contributed by atoms with van der Waals surface area (Å²) in [4.78, 5) is 26.4. The molecule has 2 atom stereocenters. The second-order valence-electron chi connectivity index (χ2n) is 6.66. The van der Waals surface area contributed by atoms with Crippen molar-refractivity contribution in [2.45, 2.75) is 78.1 Å². The monoisotopic (exact) mass is 318 g/mol. The van der Waals surface area contributed by atoms with Crippen molar-refractivity contribution in [3.05, 3.63) is 0 Å². The van der Waals surface area contributed by atoms with Gasteiger partial charge in [0.1, 0.15) is 12.7 Å². The Morgan fingerprint density at radius 1 is 1.27 bits per heavy atom. The minimum absolute atomic E-state index is 0.00829. The van der Waals surface area contributed by atoms with Gasteiger partial charge in [0, 0.05) is 6.42 Å². The number of hydrogen-bond acceptors (Lipinski definition) is 6. The third-order valence-electron chi connectivity index (χ3n) is 3.83. The van der Waals surface area contributed by atoms with E-state index < -0.39 is 11.9 Å². The highest BCUT2D eigenvalue weighted by Crippen LogP contribution is 2.35. The lowest BCUT2D eigenvalue weighted by Crippen LogP contribution is -2.29. The van der Waals surface area contributed by atoms with Crippen LogP contribution in [-0.4, -0.2) is 29.7 Å². The summed E-state index contributed by atoms with van der Waals surface area (Å²) in [6.07, 6.45) is 4.39. The molecule has 1 aliphatic rings. The zero-order valence-electron chi connectivity index (χ0n) is 14.2. The topological polar surface area (TPSA) is 80.8 Å². The Morgan fingerprint density at radius 3 is 2.45 bits per heavy atom. The van der Waals surface area contributed by atoms with Crippen LogP contribution in [0, 0.1) is 11.8 Å². The van der Waals surface area contributed by atoms with Crippen LogP contribution in [0.4, 0.5) is 0 Å². The SMILES string of the molecule is CCCCC(CCC1(C)OO1)C(=O)OC(COO)CC(C)C. The molecule has 1 N–H and O–H groups in total. The molecule has 1 saturated heterocycles. The first kappa shape index (κ1) is 19.4. The van der Waals surface area contributed by atoms with Gasteiger partial charge in [-0.3, -0.25) is 10.1 Å². The van der Waals surface area contributed by atoms with Crippen molar-refractivity contribution in [3.63, 3.8) is 0 Å². The molecule has 1 aliphatic heterocycles. The van der Waals surface area contributed by atoms with E-state index in [0.29, 0.717) is 25.2 Å². The predicted octanol–water partition coefficient (Wildman–Crippen LogP) is 3.70. The van der Waals surface area contributed by atoms with Gasteiger partial charge in [0.15, 0.2) is 0 Å². The van der Waals surface area contributed by atoms with E-state index in [2.05, 4.69) is 11.8 Å². The van der Waals surface area contributed by atoms with E-state index in [9.17, 15) is 4.79 Å². The maximum atomic E-state index is 12.4. The second kappa shape index (κ2) is 9.45. The molecule has 0 aliphatic carbocycles. The van der Waals surface area contributed by atoms with E-state index in [1.165, 1.54) is 0 Å². The molecule has 6 heteroatoms. The Hall–Kier alpha value is -0.690. The van der Waals surface area contributed by atoms with Crippen molar-refractivity contribution in [2.24, 2.45) is 11.8 Å². The van der Waals surface area contributed by atoms with Crippen LogP contribution in [0.3, 0.4) is 0 Å². The first-order chi connectivity index (χ1) is 10.4. The molecule has 0 aromatic carbocycles. The average Bonchev–Trinajstić information content (AvgIpc) is 3.16. The van der Waals surface area contributed by atoms with E-state index in [1.54, 1.807) is 0 Å². The van der Waals surface area contributed by atoms with Gasteiger partial charge in [-0.1, -0.05) is 33.6 Å². The molecule has 22 heavy (non-hydrogen) atoms. The predicted molar refractivity (Wildman–Crippen MR) is 80.7 cm³/mol. The van der Waals surface area contributed by atoms with Crippen LogP contribution in [0.2, 0.25) is 0 Å². The first-order valence-electron chi connectivity index (χ1n) is 8.24. The summed E-state index contributed by atoms with van der Waals surface area (Å²) in [5, 5.41) is 8.64. The molecule has 0 radical (unpaired) electrons. The quantitative estimate of drug-likeness (QED) is 0.256. The van der Waals surface area contributed by atoms with E-state index >= 15 is 0 Å². The summed E-state index contributed by atoms with van der Waals surface area (Å²) in [6, 6.07) is 0. The molecular formula is C16H30O6. The average molecular weight is 318 g/mol. The second-order valence-corrected chi connectivity index (χ2v) is 6.66. The first-order valence-corrected chi connectivity index (χ1v) is 8.24. The summed E-state index contributed by atoms with van der Waals surface area (Å²) in [7, 11) is 0. The zero-order valence-corrected chi connectivity index (χ0v) is 14.2. The fourth-order valence-corrected chi connectivity index (χ4v) is 2.44. The van der Waals surface area contributed by atoms with Crippen molar-refractivity contribution < 1.29 is 29.5 Å². The van der Waals surface area contributed by atoms with Crippen LogP contribution < -0.4 is 0 Å². The largest absolute Gasteiger partial charge is 0.460 e. The molecular weight excluding hydrogens is 288 g/mol. The molecule has 0 bridgehead atoms. The molecule has 0 saturated carbocycles. The summed E-state index contributed by atoms with van der Waals surface area (Å²) in [5.74, 6) is -0.566. The fraction of sp³-hybridized carbons (Fsp3) is 0.938. The fourth-order valence-electron chi connectivity index (χ4n) is 2.44. The van der Waals surface area contributed by atoms with Gasteiger partial charge in [-0.15, -0.1) is 0 Å². The number of carbonyl (C=O) groups is 1. The highest BCUT2D eigenvalue weighted by atomic mass is 17.4. The Morgan fingerprint density at radius 2 is 1.95 bits per heavy atom. The number of rotatable bonds is 12. The smallest absolute Gasteiger partial charge is 0.309 e. The number of carbonyl (C=O) groups excluding carboxylic acids is 1. The number of unbranched alkanes of at least 4 members (excludes halogenated alkanes) is 1. The van der Waals surface area contributed by atoms with Crippen molar-refractivity contribution in [1.29, 1.82) is 0 Å². The Balaban J connectivity index is 2.51. The van der Waals surface area contributed by atoms with Crippen LogP contribution >= 0.6 is 0 Å². The molecule has 0 amide bonds. The van der Waals surface area contributed by atoms with Crippen molar-refractivity contribution >= 4 is 5.97 Å². The number of esters is 1. The minimum Gasteiger partial charge on any atom is -0.460 e. The van der Waals surface area contributed by atoms with Crippen LogP contribution in [-0.2, 0) is 24.2 Å². The Kier molecular flexibility index (Phi) is 8.31. The molecule has 130 valence electrons. The van der Waals surface area contributed by atoms with Crippen molar-refractivity contribution in [2.75, 3.05) is 6.61 Å². The van der Waals surface area contributed by atoms with Gasteiger partial charge in [-0.2, -0.15) is 9.78 Å². The Bertz CT molecular complexity index is 327. The molecule has 1 rings (SSSR count). The van der Waals surface area contributed by atoms with E-state index in [0.717, 1.165) is 19.3 Å². The third-order valence-corrected chi connectivity index (χ3v) is 3.83. The van der Waals surface area contributed by atoms with Crippen LogP contribution in [0.5, 0.6) is 0 Å². The van der Waals surface area contributed by atoms with Crippen molar-refractivity contribution in [3.8, 4) is 0 Å². The van der Waals surface area contributed by atoms with Gasteiger partial charge in [0.05, 0.1) is 5.92 Å². The summed E-state index contributed by atoms with van der Waals surface area (Å²) in [6.45, 7) is 8.04. The van der Waals surface area contributed by atoms with Crippen LogP contribution in [0.15, 0.2) is 0 Å². The zero-order chi connectivity index (χ0) is 16.6. The highest BCUT2D eigenvalue weighted by Gasteiger charge is 2.43. The molecule has 1 heterocycles. The van der Waals surface area contributed by atoms with Gasteiger partial charge in [0.2, 0.25) is 5.79 Å². The summed E-state index contributed by atoms with van der Waals surface area (Å²) < 4.78 is 5.54. The molecule has 6 nitrogen and oxygen atoms in total. The molecule has 0 spiro atoms. The molecule has 0 aromatic rings. The number of ether oxygens (including phenoxy) is 1. The van der Waals surface area contributed by atoms with E-state index in [-0.39, 0.29) is 18.5 Å². The maximum absolute atomic E-state index is 12.4. The molecule has 2 unspecified atom stereocenters. The maximum Gasteiger partial charge on any atom is 0.309 e. The summed E-state index contributed by atoms with van der Waals surface area (Å²) in [5.41, 5.74) is 0.